The highest BCUT2D eigenvalue weighted by atomic mass is 19.3. The smallest absolute Gasteiger partial charge is 0.270 e. The average Bonchev–Trinajstić information content (AvgIpc) is 2.05. The van der Waals surface area contributed by atoms with Gasteiger partial charge in [-0.05, 0) is 6.08 Å². The van der Waals surface area contributed by atoms with Crippen molar-refractivity contribution in [3.63, 3.8) is 0 Å². The largest absolute Gasteiger partial charge is 0.368 e. The summed E-state index contributed by atoms with van der Waals surface area (Å²) < 4.78 is 29.5. The van der Waals surface area contributed by atoms with E-state index in [0.29, 0.717) is 0 Å². The molecule has 0 aliphatic heterocycles. The number of methoxy groups -OCH3 is 1. The molecule has 0 aromatic rings. The monoisotopic (exact) mass is 160 g/mol. The van der Waals surface area contributed by atoms with Gasteiger partial charge in [0.05, 0.1) is 0 Å². The molecule has 1 aliphatic rings. The fourth-order valence-electron chi connectivity index (χ4n) is 1.02. The van der Waals surface area contributed by atoms with Gasteiger partial charge in [0.15, 0.2) is 0 Å². The number of hydrogen-bond acceptors (Lipinski definition) is 1. The van der Waals surface area contributed by atoms with Crippen molar-refractivity contribution >= 4 is 0 Å². The molecular weight excluding hydrogens is 150 g/mol. The van der Waals surface area contributed by atoms with Crippen molar-refractivity contribution in [3.05, 3.63) is 24.3 Å². The SMILES string of the molecule is COC1(C(F)F)C=CC=CC1. The van der Waals surface area contributed by atoms with Crippen LogP contribution in [-0.2, 0) is 4.74 Å². The zero-order valence-electron chi connectivity index (χ0n) is 6.26. The van der Waals surface area contributed by atoms with Crippen LogP contribution < -0.4 is 0 Å². The molecule has 1 rings (SSSR count). The zero-order chi connectivity index (χ0) is 8.32. The first-order chi connectivity index (χ1) is 5.21. The topological polar surface area (TPSA) is 9.23 Å². The van der Waals surface area contributed by atoms with Crippen molar-refractivity contribution in [2.24, 2.45) is 0 Å². The minimum Gasteiger partial charge on any atom is -0.368 e. The van der Waals surface area contributed by atoms with Crippen LogP contribution in [-0.4, -0.2) is 19.1 Å². The molecule has 1 aliphatic carbocycles. The van der Waals surface area contributed by atoms with E-state index in [0.717, 1.165) is 0 Å². The van der Waals surface area contributed by atoms with Crippen LogP contribution in [0, 0.1) is 0 Å². The minimum absolute atomic E-state index is 0.248. The second kappa shape index (κ2) is 3.13. The Balaban J connectivity index is 2.77. The van der Waals surface area contributed by atoms with Crippen LogP contribution >= 0.6 is 0 Å². The van der Waals surface area contributed by atoms with Gasteiger partial charge in [-0.3, -0.25) is 0 Å². The molecule has 1 unspecified atom stereocenters. The molecule has 1 nitrogen and oxygen atoms in total. The molecule has 0 radical (unpaired) electrons. The lowest BCUT2D eigenvalue weighted by atomic mass is 9.96. The Morgan fingerprint density at radius 1 is 1.45 bits per heavy atom. The summed E-state index contributed by atoms with van der Waals surface area (Å²) >= 11 is 0. The Bertz CT molecular complexity index is 187. The highest BCUT2D eigenvalue weighted by molar-refractivity contribution is 5.19. The van der Waals surface area contributed by atoms with E-state index in [1.165, 1.54) is 13.2 Å². The molecule has 0 heterocycles. The predicted octanol–water partition coefficient (Wildman–Crippen LogP) is 2.15. The highest BCUT2D eigenvalue weighted by Crippen LogP contribution is 2.28. The number of ether oxygens (including phenoxy) is 1. The van der Waals surface area contributed by atoms with E-state index >= 15 is 0 Å². The number of halogens is 2. The quantitative estimate of drug-likeness (QED) is 0.601. The third-order valence-electron chi connectivity index (χ3n) is 1.81. The first-order valence-corrected chi connectivity index (χ1v) is 3.39. The molecule has 1 atom stereocenters. The number of alkyl halides is 2. The van der Waals surface area contributed by atoms with E-state index in [9.17, 15) is 8.78 Å². The molecule has 0 saturated heterocycles. The summed E-state index contributed by atoms with van der Waals surface area (Å²) in [5, 5.41) is 0. The molecule has 62 valence electrons. The summed E-state index contributed by atoms with van der Waals surface area (Å²) in [6.45, 7) is 0. The van der Waals surface area contributed by atoms with Crippen LogP contribution in [0.2, 0.25) is 0 Å². The van der Waals surface area contributed by atoms with Crippen LogP contribution in [0.25, 0.3) is 0 Å². The summed E-state index contributed by atoms with van der Waals surface area (Å²) in [4.78, 5) is 0. The molecule has 3 heteroatoms. The van der Waals surface area contributed by atoms with Gasteiger partial charge in [0.1, 0.15) is 5.60 Å². The van der Waals surface area contributed by atoms with Gasteiger partial charge in [-0.1, -0.05) is 18.2 Å². The standard InChI is InChI=1S/C8H10F2O/c1-11-8(7(9)10)5-3-2-4-6-8/h2-5,7H,6H2,1H3. The maximum Gasteiger partial charge on any atom is 0.270 e. The third kappa shape index (κ3) is 1.48. The first-order valence-electron chi connectivity index (χ1n) is 3.39. The van der Waals surface area contributed by atoms with E-state index in [-0.39, 0.29) is 6.42 Å². The van der Waals surface area contributed by atoms with E-state index in [1.807, 2.05) is 0 Å². The molecule has 0 fully saturated rings. The Kier molecular flexibility index (Phi) is 2.39. The van der Waals surface area contributed by atoms with Crippen LogP contribution in [0.3, 0.4) is 0 Å². The van der Waals surface area contributed by atoms with Crippen molar-refractivity contribution in [3.8, 4) is 0 Å². The van der Waals surface area contributed by atoms with Crippen LogP contribution in [0.5, 0.6) is 0 Å². The maximum absolute atomic E-state index is 12.4. The van der Waals surface area contributed by atoms with Crippen LogP contribution in [0.4, 0.5) is 8.78 Å². The zero-order valence-corrected chi connectivity index (χ0v) is 6.26. The van der Waals surface area contributed by atoms with Gasteiger partial charge < -0.3 is 4.74 Å². The summed E-state index contributed by atoms with van der Waals surface area (Å²) in [7, 11) is 1.30. The van der Waals surface area contributed by atoms with Gasteiger partial charge in [0, 0.05) is 13.5 Å². The molecule has 0 bridgehead atoms. The summed E-state index contributed by atoms with van der Waals surface area (Å²) in [6.07, 6.45) is 4.18. The Labute approximate surface area is 64.4 Å². The van der Waals surface area contributed by atoms with Gasteiger partial charge in [-0.25, -0.2) is 8.78 Å². The molecule has 0 amide bonds. The molecule has 0 aromatic heterocycles. The summed E-state index contributed by atoms with van der Waals surface area (Å²) in [5.74, 6) is 0. The first kappa shape index (κ1) is 8.40. The fourth-order valence-corrected chi connectivity index (χ4v) is 1.02. The van der Waals surface area contributed by atoms with Crippen molar-refractivity contribution in [2.75, 3.05) is 7.11 Å². The Morgan fingerprint density at radius 2 is 2.18 bits per heavy atom. The summed E-state index contributed by atoms with van der Waals surface area (Å²) in [6, 6.07) is 0. The molecule has 11 heavy (non-hydrogen) atoms. The van der Waals surface area contributed by atoms with Gasteiger partial charge in [-0.2, -0.15) is 0 Å². The molecule has 0 saturated carbocycles. The third-order valence-corrected chi connectivity index (χ3v) is 1.81. The van der Waals surface area contributed by atoms with Crippen LogP contribution in [0.1, 0.15) is 6.42 Å². The molecular formula is C8H10F2O. The second-order valence-electron chi connectivity index (χ2n) is 2.45. The highest BCUT2D eigenvalue weighted by Gasteiger charge is 2.37. The molecule has 0 spiro atoms. The minimum atomic E-state index is -2.46. The number of hydrogen-bond donors (Lipinski definition) is 0. The number of rotatable bonds is 2. The fraction of sp³-hybridized carbons (Fsp3) is 0.500. The van der Waals surface area contributed by atoms with Crippen molar-refractivity contribution in [1.29, 1.82) is 0 Å². The van der Waals surface area contributed by atoms with Gasteiger partial charge in [-0.15, -0.1) is 0 Å². The normalized spacial score (nSPS) is 29.8. The number of allylic oxidation sites excluding steroid dienone is 2. The summed E-state index contributed by atoms with van der Waals surface area (Å²) in [5.41, 5.74) is -1.38. The average molecular weight is 160 g/mol. The maximum atomic E-state index is 12.4. The Morgan fingerprint density at radius 3 is 2.45 bits per heavy atom. The van der Waals surface area contributed by atoms with E-state index in [4.69, 9.17) is 4.74 Å². The van der Waals surface area contributed by atoms with Gasteiger partial charge >= 0.3 is 0 Å². The lowest BCUT2D eigenvalue weighted by Gasteiger charge is -2.28. The molecule has 0 N–H and O–H groups in total. The molecule has 0 aromatic carbocycles. The lowest BCUT2D eigenvalue weighted by molar-refractivity contribution is -0.0867. The van der Waals surface area contributed by atoms with E-state index < -0.39 is 12.0 Å². The lowest BCUT2D eigenvalue weighted by Crippen LogP contribution is -2.37. The van der Waals surface area contributed by atoms with E-state index in [2.05, 4.69) is 0 Å². The Hall–Kier alpha value is -0.700. The van der Waals surface area contributed by atoms with Crippen molar-refractivity contribution < 1.29 is 13.5 Å². The van der Waals surface area contributed by atoms with Gasteiger partial charge in [0.2, 0.25) is 0 Å². The van der Waals surface area contributed by atoms with E-state index in [1.54, 1.807) is 18.2 Å². The second-order valence-corrected chi connectivity index (χ2v) is 2.45. The predicted molar refractivity (Wildman–Crippen MR) is 38.6 cm³/mol. The van der Waals surface area contributed by atoms with Crippen molar-refractivity contribution in [1.82, 2.24) is 0 Å². The van der Waals surface area contributed by atoms with Crippen molar-refractivity contribution in [2.45, 2.75) is 18.4 Å². The van der Waals surface area contributed by atoms with Gasteiger partial charge in [0.25, 0.3) is 6.43 Å². The van der Waals surface area contributed by atoms with Crippen LogP contribution in [0.15, 0.2) is 24.3 Å².